The lowest BCUT2D eigenvalue weighted by Crippen LogP contribution is -2.27. The van der Waals surface area contributed by atoms with Crippen LogP contribution < -0.4 is 15.4 Å². The fourth-order valence-corrected chi connectivity index (χ4v) is 4.11. The second-order valence-electron chi connectivity index (χ2n) is 8.29. The predicted octanol–water partition coefficient (Wildman–Crippen LogP) is 3.54. The van der Waals surface area contributed by atoms with E-state index in [4.69, 9.17) is 14.6 Å². The molecule has 9 nitrogen and oxygen atoms in total. The number of carboxylic acids is 1. The smallest absolute Gasteiger partial charge is 0.490 e. The number of ether oxygens (including phenoxy) is 1. The van der Waals surface area contributed by atoms with Crippen LogP contribution in [0.3, 0.4) is 0 Å². The van der Waals surface area contributed by atoms with Crippen LogP contribution in [0.5, 0.6) is 5.75 Å². The number of carbonyl (C=O) groups excluding carboxylic acids is 1. The molecule has 12 heteroatoms. The number of methoxy groups -OCH3 is 1. The number of alkyl halides is 3. The number of carbonyl (C=O) groups is 2. The Morgan fingerprint density at radius 2 is 1.91 bits per heavy atom. The molecule has 3 N–H and O–H groups in total. The fraction of sp³-hybridized carbons (Fsp3) is 0.391. The molecule has 0 radical (unpaired) electrons. The Kier molecular flexibility index (Phi) is 6.92. The van der Waals surface area contributed by atoms with E-state index >= 15 is 0 Å². The van der Waals surface area contributed by atoms with Crippen LogP contribution in [0.2, 0.25) is 0 Å². The molecule has 0 atom stereocenters. The first-order chi connectivity index (χ1) is 16.7. The van der Waals surface area contributed by atoms with Crippen molar-refractivity contribution in [3.63, 3.8) is 0 Å². The molecule has 1 amide bonds. The molecular weight excluding hydrogens is 467 g/mol. The van der Waals surface area contributed by atoms with Crippen molar-refractivity contribution in [3.8, 4) is 5.75 Å². The highest BCUT2D eigenvalue weighted by Gasteiger charge is 2.38. The molecule has 1 aromatic carbocycles. The molecule has 0 unspecified atom stereocenters. The van der Waals surface area contributed by atoms with Crippen molar-refractivity contribution in [2.75, 3.05) is 19.0 Å². The van der Waals surface area contributed by atoms with Crippen LogP contribution in [0.4, 0.5) is 18.9 Å². The van der Waals surface area contributed by atoms with Gasteiger partial charge in [0.25, 0.3) is 5.91 Å². The summed E-state index contributed by atoms with van der Waals surface area (Å²) in [5.41, 5.74) is 4.41. The number of anilines is 1. The summed E-state index contributed by atoms with van der Waals surface area (Å²) in [7, 11) is 1.66. The van der Waals surface area contributed by atoms with Crippen LogP contribution in [0.25, 0.3) is 5.65 Å². The molecule has 1 aliphatic carbocycles. The number of fused-ring (bicyclic) bond motifs is 2. The number of aromatic nitrogens is 3. The summed E-state index contributed by atoms with van der Waals surface area (Å²) < 4.78 is 39.2. The average Bonchev–Trinajstić information content (AvgIpc) is 3.19. The van der Waals surface area contributed by atoms with Gasteiger partial charge in [0, 0.05) is 29.8 Å². The average molecular weight is 491 g/mol. The Labute approximate surface area is 198 Å². The lowest BCUT2D eigenvalue weighted by molar-refractivity contribution is -0.192. The van der Waals surface area contributed by atoms with Crippen LogP contribution in [-0.4, -0.2) is 51.4 Å². The Morgan fingerprint density at radius 1 is 1.17 bits per heavy atom. The van der Waals surface area contributed by atoms with Gasteiger partial charge in [0.15, 0.2) is 5.65 Å². The topological polar surface area (TPSA) is 118 Å². The summed E-state index contributed by atoms with van der Waals surface area (Å²) in [4.78, 5) is 21.9. The monoisotopic (exact) mass is 491 g/mol. The van der Waals surface area contributed by atoms with Crippen molar-refractivity contribution in [3.05, 3.63) is 53.0 Å². The van der Waals surface area contributed by atoms with E-state index in [0.29, 0.717) is 11.5 Å². The van der Waals surface area contributed by atoms with E-state index in [2.05, 4.69) is 20.8 Å². The summed E-state index contributed by atoms with van der Waals surface area (Å²) in [5.74, 6) is -0.562. The second kappa shape index (κ2) is 9.90. The van der Waals surface area contributed by atoms with E-state index in [-0.39, 0.29) is 5.91 Å². The third kappa shape index (κ3) is 5.21. The molecule has 1 saturated carbocycles. The van der Waals surface area contributed by atoms with Gasteiger partial charge in [-0.25, -0.2) is 4.79 Å². The minimum absolute atomic E-state index is 0.0987. The molecule has 3 aromatic rings. The number of carboxylic acid groups (broad SMARTS) is 1. The van der Waals surface area contributed by atoms with Gasteiger partial charge in [-0.2, -0.15) is 13.2 Å². The normalized spacial score (nSPS) is 15.4. The van der Waals surface area contributed by atoms with Gasteiger partial charge < -0.3 is 20.5 Å². The maximum atomic E-state index is 13.0. The van der Waals surface area contributed by atoms with Gasteiger partial charge in [-0.3, -0.25) is 9.20 Å². The zero-order chi connectivity index (χ0) is 25.2. The first kappa shape index (κ1) is 24.5. The summed E-state index contributed by atoms with van der Waals surface area (Å²) in [6, 6.07) is 7.51. The summed E-state index contributed by atoms with van der Waals surface area (Å²) in [6.07, 6.45) is 1.21. The Bertz CT molecular complexity index is 1250. The quantitative estimate of drug-likeness (QED) is 0.511. The highest BCUT2D eigenvalue weighted by molar-refractivity contribution is 6.05. The molecule has 35 heavy (non-hydrogen) atoms. The highest BCUT2D eigenvalue weighted by Crippen LogP contribution is 2.35. The van der Waals surface area contributed by atoms with Crippen molar-refractivity contribution >= 4 is 23.2 Å². The lowest BCUT2D eigenvalue weighted by Gasteiger charge is -2.23. The van der Waals surface area contributed by atoms with Gasteiger partial charge in [-0.1, -0.05) is 6.42 Å². The van der Waals surface area contributed by atoms with Gasteiger partial charge in [0.2, 0.25) is 0 Å². The van der Waals surface area contributed by atoms with Crippen LogP contribution in [0.1, 0.15) is 52.5 Å². The number of rotatable bonds is 4. The number of nitrogens with one attached hydrogen (secondary N) is 2. The van der Waals surface area contributed by atoms with Crippen molar-refractivity contribution in [1.29, 1.82) is 0 Å². The number of nitrogens with zero attached hydrogens (tertiary/aromatic N) is 3. The first-order valence-electron chi connectivity index (χ1n) is 11.0. The predicted molar refractivity (Wildman–Crippen MR) is 120 cm³/mol. The largest absolute Gasteiger partial charge is 0.496 e. The Hall–Kier alpha value is -3.67. The summed E-state index contributed by atoms with van der Waals surface area (Å²) in [6.45, 7) is 1.58. The fourth-order valence-electron chi connectivity index (χ4n) is 4.11. The van der Waals surface area contributed by atoms with Gasteiger partial charge >= 0.3 is 12.1 Å². The third-order valence-electron chi connectivity index (χ3n) is 6.11. The summed E-state index contributed by atoms with van der Waals surface area (Å²) >= 11 is 0. The van der Waals surface area contributed by atoms with E-state index in [0.717, 1.165) is 66.4 Å². The Balaban J connectivity index is 0.000000364. The maximum Gasteiger partial charge on any atom is 0.490 e. The van der Waals surface area contributed by atoms with Crippen LogP contribution >= 0.6 is 0 Å². The van der Waals surface area contributed by atoms with Gasteiger partial charge in [0.1, 0.15) is 11.6 Å². The number of aliphatic carboxylic acids is 1. The number of hydrogen-bond donors (Lipinski definition) is 3. The SMILES string of the molecule is COc1ccc(C(=O)Nc2ccc3nnc(C4CCC4)n3c2)c2c1CNCC2.O=C(O)C(F)(F)F. The van der Waals surface area contributed by atoms with E-state index in [1.165, 1.54) is 6.42 Å². The van der Waals surface area contributed by atoms with Crippen molar-refractivity contribution in [2.45, 2.75) is 44.3 Å². The first-order valence-corrected chi connectivity index (χ1v) is 11.0. The molecule has 186 valence electrons. The number of halogens is 3. The van der Waals surface area contributed by atoms with Gasteiger partial charge in [-0.15, -0.1) is 10.2 Å². The molecule has 2 aliphatic rings. The highest BCUT2D eigenvalue weighted by atomic mass is 19.4. The molecule has 5 rings (SSSR count). The molecule has 0 spiro atoms. The maximum absolute atomic E-state index is 13.0. The van der Waals surface area contributed by atoms with Crippen molar-refractivity contribution in [2.24, 2.45) is 0 Å². The standard InChI is InChI=1S/C21H23N5O2.C2HF3O2/c1-28-18-7-6-16(15-9-10-22-11-17(15)18)21(27)23-14-5-8-19-24-25-20(26(19)12-14)13-3-2-4-13;3-2(4,5)1(6)7/h5-8,12-13,22H,2-4,9-11H2,1H3,(H,23,27);(H,6,7). The lowest BCUT2D eigenvalue weighted by atomic mass is 9.85. The number of pyridine rings is 1. The third-order valence-corrected chi connectivity index (χ3v) is 6.11. The molecule has 3 heterocycles. The van der Waals surface area contributed by atoms with Gasteiger partial charge in [-0.05, 0) is 55.6 Å². The van der Waals surface area contributed by atoms with E-state index < -0.39 is 12.1 Å². The minimum Gasteiger partial charge on any atom is -0.496 e. The Morgan fingerprint density at radius 3 is 2.54 bits per heavy atom. The minimum atomic E-state index is -5.08. The van der Waals surface area contributed by atoms with Gasteiger partial charge in [0.05, 0.1) is 12.8 Å². The van der Waals surface area contributed by atoms with Crippen molar-refractivity contribution in [1.82, 2.24) is 19.9 Å². The van der Waals surface area contributed by atoms with Crippen molar-refractivity contribution < 1.29 is 32.6 Å². The molecule has 1 fully saturated rings. The summed E-state index contributed by atoms with van der Waals surface area (Å²) in [5, 5.41) is 22.1. The van der Waals surface area contributed by atoms with Crippen LogP contribution in [0.15, 0.2) is 30.5 Å². The zero-order valence-corrected chi connectivity index (χ0v) is 18.9. The number of benzene rings is 1. The van der Waals surface area contributed by atoms with E-state index in [9.17, 15) is 18.0 Å². The zero-order valence-electron chi connectivity index (χ0n) is 18.9. The van der Waals surface area contributed by atoms with E-state index in [1.807, 2.05) is 34.9 Å². The molecule has 0 bridgehead atoms. The number of amides is 1. The van der Waals surface area contributed by atoms with Crippen LogP contribution in [0, 0.1) is 0 Å². The second-order valence-corrected chi connectivity index (χ2v) is 8.29. The van der Waals surface area contributed by atoms with E-state index in [1.54, 1.807) is 7.11 Å². The molecule has 0 saturated heterocycles. The van der Waals surface area contributed by atoms with Crippen LogP contribution in [-0.2, 0) is 17.8 Å². The molecule has 1 aliphatic heterocycles. The molecular formula is C23H24F3N5O4. The number of hydrogen-bond acceptors (Lipinski definition) is 6. The molecule has 2 aromatic heterocycles.